The molecule has 0 radical (unpaired) electrons. The van der Waals surface area contributed by atoms with Crippen molar-refractivity contribution in [1.29, 1.82) is 0 Å². The van der Waals surface area contributed by atoms with Crippen LogP contribution in [0.3, 0.4) is 0 Å². The minimum atomic E-state index is 0.591. The third-order valence-electron chi connectivity index (χ3n) is 10.8. The van der Waals surface area contributed by atoms with Crippen molar-refractivity contribution in [3.05, 3.63) is 188 Å². The first-order valence-corrected chi connectivity index (χ1v) is 19.9. The fraction of sp³-hybridized carbons (Fsp3) is 0.0192. The molecular weight excluding hydrogens is 715 g/mol. The highest BCUT2D eigenvalue weighted by atomic mass is 32.1. The Morgan fingerprint density at radius 3 is 1.79 bits per heavy atom. The lowest BCUT2D eigenvalue weighted by molar-refractivity contribution is 0.669. The van der Waals surface area contributed by atoms with E-state index in [0.717, 1.165) is 60.7 Å². The summed E-state index contributed by atoms with van der Waals surface area (Å²) in [6.07, 6.45) is 0. The van der Waals surface area contributed by atoms with Crippen LogP contribution >= 0.6 is 11.3 Å². The van der Waals surface area contributed by atoms with Crippen LogP contribution in [0.5, 0.6) is 0 Å². The SMILES string of the molecule is Cc1cccc(-c2ccc(-c3nc(-c4ccc5c(c4)oc4cccc(-c6ccc(-c7ccccc7)cc6)c45)nc(-c4cccc5sc6ccccc6c45)n3)cc2)c1. The fourth-order valence-corrected chi connectivity index (χ4v) is 9.16. The summed E-state index contributed by atoms with van der Waals surface area (Å²) in [4.78, 5) is 15.5. The molecule has 0 aliphatic heterocycles. The van der Waals surface area contributed by atoms with Crippen LogP contribution in [0, 0.1) is 6.92 Å². The number of hydrogen-bond acceptors (Lipinski definition) is 5. The molecule has 0 fully saturated rings. The van der Waals surface area contributed by atoms with Gasteiger partial charge < -0.3 is 4.42 Å². The molecule has 268 valence electrons. The van der Waals surface area contributed by atoms with Crippen molar-refractivity contribution in [2.45, 2.75) is 6.92 Å². The van der Waals surface area contributed by atoms with E-state index >= 15 is 0 Å². The smallest absolute Gasteiger partial charge is 0.164 e. The predicted molar refractivity (Wildman–Crippen MR) is 237 cm³/mol. The Balaban J connectivity index is 1.05. The third kappa shape index (κ3) is 5.88. The average Bonchev–Trinajstić information content (AvgIpc) is 3.85. The van der Waals surface area contributed by atoms with Gasteiger partial charge in [0.15, 0.2) is 17.5 Å². The second-order valence-corrected chi connectivity index (χ2v) is 15.5. The van der Waals surface area contributed by atoms with E-state index in [1.165, 1.54) is 37.0 Å². The largest absolute Gasteiger partial charge is 0.456 e. The first-order chi connectivity index (χ1) is 28.1. The zero-order valence-corrected chi connectivity index (χ0v) is 31.8. The lowest BCUT2D eigenvalue weighted by atomic mass is 9.96. The van der Waals surface area contributed by atoms with Crippen LogP contribution < -0.4 is 0 Å². The number of furan rings is 1. The van der Waals surface area contributed by atoms with Crippen molar-refractivity contribution in [3.63, 3.8) is 0 Å². The van der Waals surface area contributed by atoms with Gasteiger partial charge >= 0.3 is 0 Å². The summed E-state index contributed by atoms with van der Waals surface area (Å²) in [5.74, 6) is 1.85. The van der Waals surface area contributed by atoms with Crippen molar-refractivity contribution in [2.24, 2.45) is 0 Å². The van der Waals surface area contributed by atoms with Gasteiger partial charge in [-0.05, 0) is 70.6 Å². The highest BCUT2D eigenvalue weighted by Crippen LogP contribution is 2.41. The van der Waals surface area contributed by atoms with E-state index in [4.69, 9.17) is 19.4 Å². The second-order valence-electron chi connectivity index (χ2n) is 14.5. The number of thiophene rings is 1. The van der Waals surface area contributed by atoms with Gasteiger partial charge in [-0.1, -0.05) is 157 Å². The molecule has 57 heavy (non-hydrogen) atoms. The normalized spacial score (nSPS) is 11.6. The molecule has 0 bridgehead atoms. The Kier molecular flexibility index (Phi) is 7.86. The maximum Gasteiger partial charge on any atom is 0.164 e. The fourth-order valence-electron chi connectivity index (χ4n) is 8.03. The van der Waals surface area contributed by atoms with Crippen molar-refractivity contribution in [3.8, 4) is 67.5 Å². The molecule has 3 heterocycles. The molecule has 3 aromatic heterocycles. The van der Waals surface area contributed by atoms with E-state index in [2.05, 4.69) is 177 Å². The molecular formula is C52H33N3OS. The Hall–Kier alpha value is -7.21. The number of hydrogen-bond donors (Lipinski definition) is 0. The minimum absolute atomic E-state index is 0.591. The summed E-state index contributed by atoms with van der Waals surface area (Å²) < 4.78 is 9.03. The summed E-state index contributed by atoms with van der Waals surface area (Å²) >= 11 is 1.79. The lowest BCUT2D eigenvalue weighted by Crippen LogP contribution is -2.00. The van der Waals surface area contributed by atoms with Gasteiger partial charge in [-0.15, -0.1) is 11.3 Å². The van der Waals surface area contributed by atoms with Gasteiger partial charge in [0.2, 0.25) is 0 Å². The Morgan fingerprint density at radius 2 is 0.965 bits per heavy atom. The number of benzene rings is 8. The molecule has 8 aromatic carbocycles. The Bertz CT molecular complexity index is 3290. The number of rotatable bonds is 6. The Morgan fingerprint density at radius 1 is 0.368 bits per heavy atom. The van der Waals surface area contributed by atoms with Crippen LogP contribution in [0.2, 0.25) is 0 Å². The zero-order valence-electron chi connectivity index (χ0n) is 31.0. The van der Waals surface area contributed by atoms with Gasteiger partial charge in [-0.3, -0.25) is 0 Å². The van der Waals surface area contributed by atoms with Crippen molar-refractivity contribution in [1.82, 2.24) is 15.0 Å². The summed E-state index contributed by atoms with van der Waals surface area (Å²) in [7, 11) is 0. The second kappa shape index (κ2) is 13.5. The summed E-state index contributed by atoms with van der Waals surface area (Å²) in [5.41, 5.74) is 12.6. The molecule has 0 aliphatic carbocycles. The predicted octanol–water partition coefficient (Wildman–Crippen LogP) is 14.4. The van der Waals surface area contributed by atoms with E-state index in [9.17, 15) is 0 Å². The first kappa shape index (κ1) is 33.2. The topological polar surface area (TPSA) is 51.8 Å². The number of aryl methyl sites for hydroxylation is 1. The Labute approximate surface area is 333 Å². The average molecular weight is 748 g/mol. The minimum Gasteiger partial charge on any atom is -0.456 e. The van der Waals surface area contributed by atoms with Gasteiger partial charge in [0.1, 0.15) is 11.2 Å². The number of nitrogens with zero attached hydrogens (tertiary/aromatic N) is 3. The van der Waals surface area contributed by atoms with Crippen molar-refractivity contribution >= 4 is 53.4 Å². The quantitative estimate of drug-likeness (QED) is 0.170. The highest BCUT2D eigenvalue weighted by Gasteiger charge is 2.19. The monoisotopic (exact) mass is 747 g/mol. The summed E-state index contributed by atoms with van der Waals surface area (Å²) in [6.45, 7) is 2.12. The zero-order chi connectivity index (χ0) is 37.9. The van der Waals surface area contributed by atoms with E-state index < -0.39 is 0 Å². The van der Waals surface area contributed by atoms with Gasteiger partial charge in [-0.25, -0.2) is 15.0 Å². The van der Waals surface area contributed by atoms with E-state index in [0.29, 0.717) is 17.5 Å². The molecule has 5 heteroatoms. The molecule has 11 rings (SSSR count). The highest BCUT2D eigenvalue weighted by molar-refractivity contribution is 7.25. The van der Waals surface area contributed by atoms with Crippen molar-refractivity contribution in [2.75, 3.05) is 0 Å². The lowest BCUT2D eigenvalue weighted by Gasteiger charge is -2.10. The molecule has 11 aromatic rings. The van der Waals surface area contributed by atoms with Crippen LogP contribution in [0.15, 0.2) is 186 Å². The van der Waals surface area contributed by atoms with Crippen LogP contribution in [-0.4, -0.2) is 15.0 Å². The van der Waals surface area contributed by atoms with Crippen molar-refractivity contribution < 1.29 is 4.42 Å². The van der Waals surface area contributed by atoms with Crippen LogP contribution in [-0.2, 0) is 0 Å². The molecule has 0 amide bonds. The van der Waals surface area contributed by atoms with Crippen LogP contribution in [0.25, 0.3) is 110 Å². The standard InChI is InChI=1S/C52H33N3OS/c1-32-10-7-13-38(30-32)35-22-26-37(27-23-35)50-53-51(55-52(54-50)43-16-9-19-47-49(43)42-14-5-6-18-46(42)57-47)39-28-29-41-45(31-39)56-44-17-8-15-40(48(41)44)36-24-20-34(21-25-36)33-11-3-2-4-12-33/h2-31H,1H3. The molecule has 0 aliphatic rings. The van der Waals surface area contributed by atoms with Gasteiger partial charge in [0.05, 0.1) is 0 Å². The van der Waals surface area contributed by atoms with Gasteiger partial charge in [0.25, 0.3) is 0 Å². The van der Waals surface area contributed by atoms with Crippen LogP contribution in [0.4, 0.5) is 0 Å². The summed E-state index contributed by atoms with van der Waals surface area (Å²) in [5, 5.41) is 4.50. The number of aromatic nitrogens is 3. The maximum absolute atomic E-state index is 6.59. The molecule has 0 saturated carbocycles. The summed E-state index contributed by atoms with van der Waals surface area (Å²) in [6, 6.07) is 63.9. The molecule has 0 unspecified atom stereocenters. The van der Waals surface area contributed by atoms with E-state index in [1.807, 2.05) is 12.1 Å². The molecule has 4 nitrogen and oxygen atoms in total. The molecule has 0 N–H and O–H groups in total. The van der Waals surface area contributed by atoms with Gasteiger partial charge in [0, 0.05) is 47.6 Å². The number of fused-ring (bicyclic) bond motifs is 6. The molecule has 0 atom stereocenters. The first-order valence-electron chi connectivity index (χ1n) is 19.1. The van der Waals surface area contributed by atoms with Crippen LogP contribution in [0.1, 0.15) is 5.56 Å². The third-order valence-corrected chi connectivity index (χ3v) is 12.0. The molecule has 0 saturated heterocycles. The van der Waals surface area contributed by atoms with Gasteiger partial charge in [-0.2, -0.15) is 0 Å². The molecule has 0 spiro atoms. The van der Waals surface area contributed by atoms with E-state index in [-0.39, 0.29) is 0 Å². The van der Waals surface area contributed by atoms with E-state index in [1.54, 1.807) is 11.3 Å². The maximum atomic E-state index is 6.59.